The molecule has 2 rings (SSSR count). The van der Waals surface area contributed by atoms with Crippen molar-refractivity contribution < 1.29 is 4.39 Å². The molecule has 0 bridgehead atoms. The number of nitrogens with one attached hydrogen (secondary N) is 1. The first-order valence-electron chi connectivity index (χ1n) is 5.72. The molecule has 0 heterocycles. The first-order valence-corrected chi connectivity index (χ1v) is 7.01. The van der Waals surface area contributed by atoms with Gasteiger partial charge in [0.05, 0.1) is 5.69 Å². The molecule has 2 atom stereocenters. The quantitative estimate of drug-likeness (QED) is 0.893. The lowest BCUT2D eigenvalue weighted by Crippen LogP contribution is -2.17. The van der Waals surface area contributed by atoms with E-state index in [2.05, 4.69) is 11.6 Å². The first kappa shape index (κ1) is 12.3. The largest absolute Gasteiger partial charge is 0.381 e. The molecule has 1 N–H and O–H groups in total. The molecular weight excluding hydrogens is 235 g/mol. The second-order valence-electron chi connectivity index (χ2n) is 4.29. The van der Waals surface area contributed by atoms with Crippen molar-refractivity contribution in [3.63, 3.8) is 0 Å². The Bertz CT molecular complexity index is 442. The second kappa shape index (κ2) is 5.42. The summed E-state index contributed by atoms with van der Waals surface area (Å²) in [5, 5.41) is 12.9. The predicted octanol–water partition coefficient (Wildman–Crippen LogP) is 3.39. The standard InChI is InChI=1S/C13H15FN2S/c1-17-10-6-5-9(7-10)16-13-4-2-3-12(14)11(13)8-15/h2-4,9-10,16H,5-7H2,1H3. The Morgan fingerprint density at radius 3 is 2.94 bits per heavy atom. The molecule has 4 heteroatoms. The number of anilines is 1. The summed E-state index contributed by atoms with van der Waals surface area (Å²) in [5.74, 6) is -0.447. The van der Waals surface area contributed by atoms with Gasteiger partial charge in [0.15, 0.2) is 0 Å². The smallest absolute Gasteiger partial charge is 0.143 e. The van der Waals surface area contributed by atoms with E-state index in [1.54, 1.807) is 12.1 Å². The van der Waals surface area contributed by atoms with Crippen molar-refractivity contribution in [2.45, 2.75) is 30.6 Å². The third-order valence-electron chi connectivity index (χ3n) is 3.20. The van der Waals surface area contributed by atoms with Crippen LogP contribution >= 0.6 is 11.8 Å². The van der Waals surface area contributed by atoms with Gasteiger partial charge in [0.1, 0.15) is 17.4 Å². The SMILES string of the molecule is CSC1CCC(Nc2cccc(F)c2C#N)C1. The zero-order valence-corrected chi connectivity index (χ0v) is 10.6. The van der Waals surface area contributed by atoms with Crippen LogP contribution in [0.4, 0.5) is 10.1 Å². The van der Waals surface area contributed by atoms with Crippen LogP contribution in [0.1, 0.15) is 24.8 Å². The van der Waals surface area contributed by atoms with E-state index < -0.39 is 5.82 Å². The molecule has 1 aromatic rings. The monoisotopic (exact) mass is 250 g/mol. The fourth-order valence-electron chi connectivity index (χ4n) is 2.26. The summed E-state index contributed by atoms with van der Waals surface area (Å²) in [5.41, 5.74) is 0.749. The number of thioether (sulfide) groups is 1. The molecule has 0 saturated heterocycles. The average molecular weight is 250 g/mol. The molecule has 2 nitrogen and oxygen atoms in total. The molecule has 1 fully saturated rings. The predicted molar refractivity (Wildman–Crippen MR) is 69.7 cm³/mol. The van der Waals surface area contributed by atoms with Crippen LogP contribution in [0.25, 0.3) is 0 Å². The molecule has 2 unspecified atom stereocenters. The van der Waals surface area contributed by atoms with Crippen LogP contribution in [0.3, 0.4) is 0 Å². The third kappa shape index (κ3) is 2.73. The van der Waals surface area contributed by atoms with Gasteiger partial charge in [0, 0.05) is 11.3 Å². The minimum Gasteiger partial charge on any atom is -0.381 e. The number of halogens is 1. The van der Waals surface area contributed by atoms with Gasteiger partial charge in [-0.1, -0.05) is 6.07 Å². The van der Waals surface area contributed by atoms with Crippen LogP contribution < -0.4 is 5.32 Å². The van der Waals surface area contributed by atoms with E-state index in [0.717, 1.165) is 12.8 Å². The fourth-order valence-corrected chi connectivity index (χ4v) is 3.06. The minimum atomic E-state index is -0.447. The molecule has 0 aromatic heterocycles. The van der Waals surface area contributed by atoms with Gasteiger partial charge in [-0.2, -0.15) is 17.0 Å². The molecule has 1 aromatic carbocycles. The molecule has 1 aliphatic carbocycles. The Balaban J connectivity index is 2.10. The molecule has 90 valence electrons. The van der Waals surface area contributed by atoms with Crippen molar-refractivity contribution >= 4 is 17.4 Å². The van der Waals surface area contributed by atoms with Crippen molar-refractivity contribution in [1.82, 2.24) is 0 Å². The van der Waals surface area contributed by atoms with E-state index in [1.807, 2.05) is 17.8 Å². The Morgan fingerprint density at radius 1 is 1.47 bits per heavy atom. The number of nitriles is 1. The van der Waals surface area contributed by atoms with Crippen molar-refractivity contribution in [3.8, 4) is 6.07 Å². The van der Waals surface area contributed by atoms with Crippen molar-refractivity contribution in [2.75, 3.05) is 11.6 Å². The summed E-state index contributed by atoms with van der Waals surface area (Å²) < 4.78 is 13.4. The molecule has 0 aliphatic heterocycles. The minimum absolute atomic E-state index is 0.125. The highest BCUT2D eigenvalue weighted by molar-refractivity contribution is 7.99. The van der Waals surface area contributed by atoms with E-state index in [-0.39, 0.29) is 5.56 Å². The number of rotatable bonds is 3. The van der Waals surface area contributed by atoms with Crippen molar-refractivity contribution in [1.29, 1.82) is 5.26 Å². The van der Waals surface area contributed by atoms with E-state index in [4.69, 9.17) is 5.26 Å². The van der Waals surface area contributed by atoms with Gasteiger partial charge in [-0.3, -0.25) is 0 Å². The molecular formula is C13H15FN2S. The van der Waals surface area contributed by atoms with Crippen molar-refractivity contribution in [2.24, 2.45) is 0 Å². The molecule has 1 aliphatic rings. The lowest BCUT2D eigenvalue weighted by atomic mass is 10.1. The van der Waals surface area contributed by atoms with E-state index in [0.29, 0.717) is 17.0 Å². The van der Waals surface area contributed by atoms with Crippen molar-refractivity contribution in [3.05, 3.63) is 29.6 Å². The van der Waals surface area contributed by atoms with Crippen LogP contribution in [-0.2, 0) is 0 Å². The van der Waals surface area contributed by atoms with Crippen LogP contribution in [0.2, 0.25) is 0 Å². The van der Waals surface area contributed by atoms with Gasteiger partial charge in [0.25, 0.3) is 0 Å². The third-order valence-corrected chi connectivity index (χ3v) is 4.30. The average Bonchev–Trinajstić information content (AvgIpc) is 2.77. The Morgan fingerprint density at radius 2 is 2.29 bits per heavy atom. The van der Waals surface area contributed by atoms with Crippen LogP contribution in [0.5, 0.6) is 0 Å². The lowest BCUT2D eigenvalue weighted by molar-refractivity contribution is 0.623. The summed E-state index contributed by atoms with van der Waals surface area (Å²) in [6, 6.07) is 7.02. The van der Waals surface area contributed by atoms with E-state index >= 15 is 0 Å². The Kier molecular flexibility index (Phi) is 3.90. The topological polar surface area (TPSA) is 35.8 Å². The van der Waals surface area contributed by atoms with E-state index in [1.165, 1.54) is 12.5 Å². The van der Waals surface area contributed by atoms with Gasteiger partial charge in [0.2, 0.25) is 0 Å². The van der Waals surface area contributed by atoms with Crippen LogP contribution in [0, 0.1) is 17.1 Å². The highest BCUT2D eigenvalue weighted by Crippen LogP contribution is 2.31. The van der Waals surface area contributed by atoms with Gasteiger partial charge in [-0.05, 0) is 37.7 Å². The number of hydrogen-bond acceptors (Lipinski definition) is 3. The van der Waals surface area contributed by atoms with Crippen LogP contribution in [0.15, 0.2) is 18.2 Å². The van der Waals surface area contributed by atoms with Crippen LogP contribution in [-0.4, -0.2) is 17.5 Å². The Hall–Kier alpha value is -1.21. The van der Waals surface area contributed by atoms with Gasteiger partial charge in [-0.25, -0.2) is 4.39 Å². The second-order valence-corrected chi connectivity index (χ2v) is 5.42. The Labute approximate surface area is 105 Å². The van der Waals surface area contributed by atoms with Gasteiger partial charge < -0.3 is 5.32 Å². The lowest BCUT2D eigenvalue weighted by Gasteiger charge is -2.15. The first-order chi connectivity index (χ1) is 8.24. The summed E-state index contributed by atoms with van der Waals surface area (Å²) in [6.07, 6.45) is 5.49. The molecule has 0 radical (unpaired) electrons. The zero-order chi connectivity index (χ0) is 12.3. The summed E-state index contributed by atoms with van der Waals surface area (Å²) in [4.78, 5) is 0. The summed E-state index contributed by atoms with van der Waals surface area (Å²) in [7, 11) is 0. The summed E-state index contributed by atoms with van der Waals surface area (Å²) in [6.45, 7) is 0. The highest BCUT2D eigenvalue weighted by atomic mass is 32.2. The maximum absolute atomic E-state index is 13.4. The van der Waals surface area contributed by atoms with Gasteiger partial charge >= 0.3 is 0 Å². The maximum atomic E-state index is 13.4. The van der Waals surface area contributed by atoms with Gasteiger partial charge in [-0.15, -0.1) is 0 Å². The molecule has 0 spiro atoms. The zero-order valence-electron chi connectivity index (χ0n) is 9.74. The maximum Gasteiger partial charge on any atom is 0.143 e. The number of nitrogens with zero attached hydrogens (tertiary/aromatic N) is 1. The summed E-state index contributed by atoms with van der Waals surface area (Å²) >= 11 is 1.88. The normalized spacial score (nSPS) is 23.4. The molecule has 0 amide bonds. The number of benzene rings is 1. The highest BCUT2D eigenvalue weighted by Gasteiger charge is 2.24. The number of hydrogen-bond donors (Lipinski definition) is 1. The fraction of sp³-hybridized carbons (Fsp3) is 0.462. The molecule has 1 saturated carbocycles. The molecule has 17 heavy (non-hydrogen) atoms. The van der Waals surface area contributed by atoms with E-state index in [9.17, 15) is 4.39 Å².